The number of hydrogen-bond acceptors (Lipinski definition) is 0. The average Bonchev–Trinajstić information content (AvgIpc) is 2.17. The maximum absolute atomic E-state index is 2.40. The van der Waals surface area contributed by atoms with Gasteiger partial charge in [-0.1, -0.05) is 0 Å². The molecule has 0 aliphatic heterocycles. The minimum atomic E-state index is 0.575. The maximum atomic E-state index is 2.40. The Morgan fingerprint density at radius 1 is 1.44 bits per heavy atom. The second-order valence-corrected chi connectivity index (χ2v) is 5.61. The van der Waals surface area contributed by atoms with Crippen molar-refractivity contribution in [1.29, 1.82) is 0 Å². The van der Waals surface area contributed by atoms with Gasteiger partial charge in [0.2, 0.25) is 0 Å². The third-order valence-electron chi connectivity index (χ3n) is 2.18. The molecule has 1 fully saturated rings. The number of rotatable bonds is 2. The number of halogens is 1. The van der Waals surface area contributed by atoms with E-state index in [1.54, 1.807) is 4.43 Å². The van der Waals surface area contributed by atoms with E-state index in [1.165, 1.54) is 19.3 Å². The van der Waals surface area contributed by atoms with E-state index < -0.39 is 0 Å². The van der Waals surface area contributed by atoms with E-state index in [9.17, 15) is 0 Å². The first-order chi connectivity index (χ1) is 4.33. The van der Waals surface area contributed by atoms with Crippen molar-refractivity contribution in [3.63, 3.8) is 0 Å². The Morgan fingerprint density at radius 2 is 2.22 bits per heavy atom. The van der Waals surface area contributed by atoms with Gasteiger partial charge in [0.15, 0.2) is 0 Å². The standard InChI is InChI=1S/C8H16I/c1-7-3-4-8(5-7)6-9-2/h7-8H,3-6H2,1-2H3/q-1/t7-,8?/m1/s1. The SMILES string of the molecule is C[I-]CC1CC[C@@H](C)C1. The third-order valence-corrected chi connectivity index (χ3v) is 4.30. The first-order valence-corrected chi connectivity index (χ1v) is 7.45. The van der Waals surface area contributed by atoms with E-state index >= 15 is 0 Å². The average molecular weight is 239 g/mol. The molecular weight excluding hydrogens is 223 g/mol. The van der Waals surface area contributed by atoms with Crippen LogP contribution in [0.25, 0.3) is 0 Å². The Hall–Kier alpha value is 0.730. The Morgan fingerprint density at radius 3 is 2.67 bits per heavy atom. The summed E-state index contributed by atoms with van der Waals surface area (Å²) >= 11 is 0.575. The fraction of sp³-hybridized carbons (Fsp3) is 1.00. The molecule has 0 saturated heterocycles. The van der Waals surface area contributed by atoms with Gasteiger partial charge in [-0.2, -0.15) is 0 Å². The Bertz CT molecular complexity index is 78.6. The van der Waals surface area contributed by atoms with Crippen LogP contribution in [0.3, 0.4) is 0 Å². The molecule has 9 heavy (non-hydrogen) atoms. The summed E-state index contributed by atoms with van der Waals surface area (Å²) in [4.78, 5) is 2.40. The quantitative estimate of drug-likeness (QED) is 0.434. The predicted octanol–water partition coefficient (Wildman–Crippen LogP) is -0.859. The fourth-order valence-corrected chi connectivity index (χ4v) is 3.73. The van der Waals surface area contributed by atoms with E-state index in [1.807, 2.05) is 0 Å². The van der Waals surface area contributed by atoms with Gasteiger partial charge in [0.1, 0.15) is 0 Å². The molecule has 1 aliphatic rings. The van der Waals surface area contributed by atoms with Crippen LogP contribution in [0, 0.1) is 11.8 Å². The summed E-state index contributed by atoms with van der Waals surface area (Å²) in [5, 5.41) is 0. The molecule has 1 aliphatic carbocycles. The third kappa shape index (κ3) is 2.44. The summed E-state index contributed by atoms with van der Waals surface area (Å²) in [6.07, 6.45) is 4.58. The summed E-state index contributed by atoms with van der Waals surface area (Å²) < 4.78 is 1.59. The monoisotopic (exact) mass is 239 g/mol. The summed E-state index contributed by atoms with van der Waals surface area (Å²) in [7, 11) is 0. The predicted molar refractivity (Wildman–Crippen MR) is 37.3 cm³/mol. The van der Waals surface area contributed by atoms with Gasteiger partial charge in [-0.3, -0.25) is 0 Å². The fourth-order valence-electron chi connectivity index (χ4n) is 1.68. The van der Waals surface area contributed by atoms with Crippen LogP contribution in [0.1, 0.15) is 26.2 Å². The molecule has 2 atom stereocenters. The molecule has 1 rings (SSSR count). The number of alkyl halides is 2. The van der Waals surface area contributed by atoms with E-state index in [0.29, 0.717) is 21.2 Å². The normalized spacial score (nSPS) is 35.8. The van der Waals surface area contributed by atoms with Gasteiger partial charge in [0, 0.05) is 0 Å². The van der Waals surface area contributed by atoms with E-state index in [2.05, 4.69) is 11.9 Å². The molecule has 0 radical (unpaired) electrons. The van der Waals surface area contributed by atoms with Crippen molar-refractivity contribution in [3.8, 4) is 0 Å². The van der Waals surface area contributed by atoms with Crippen LogP contribution < -0.4 is 21.2 Å². The molecule has 0 heterocycles. The molecule has 0 aromatic rings. The van der Waals surface area contributed by atoms with Crippen LogP contribution in [0.2, 0.25) is 0 Å². The second-order valence-electron chi connectivity index (χ2n) is 3.21. The zero-order valence-electron chi connectivity index (χ0n) is 6.36. The second kappa shape index (κ2) is 3.79. The van der Waals surface area contributed by atoms with Gasteiger partial charge in [0.05, 0.1) is 0 Å². The van der Waals surface area contributed by atoms with Gasteiger partial charge < -0.3 is 0 Å². The molecule has 0 amide bonds. The van der Waals surface area contributed by atoms with Gasteiger partial charge >= 0.3 is 68.6 Å². The first-order valence-electron chi connectivity index (χ1n) is 3.76. The zero-order chi connectivity index (χ0) is 6.69. The van der Waals surface area contributed by atoms with Crippen LogP contribution in [-0.4, -0.2) is 9.36 Å². The molecule has 0 nitrogen and oxygen atoms in total. The van der Waals surface area contributed by atoms with Crippen molar-refractivity contribution in [3.05, 3.63) is 0 Å². The molecule has 1 heteroatoms. The molecule has 1 saturated carbocycles. The molecule has 1 unspecified atom stereocenters. The van der Waals surface area contributed by atoms with Gasteiger partial charge in [-0.25, -0.2) is 0 Å². The molecule has 0 bridgehead atoms. The van der Waals surface area contributed by atoms with Crippen molar-refractivity contribution < 1.29 is 21.2 Å². The summed E-state index contributed by atoms with van der Waals surface area (Å²) in [6.45, 7) is 2.40. The van der Waals surface area contributed by atoms with Crippen LogP contribution >= 0.6 is 0 Å². The van der Waals surface area contributed by atoms with Crippen molar-refractivity contribution in [1.82, 2.24) is 0 Å². The van der Waals surface area contributed by atoms with Crippen molar-refractivity contribution in [2.24, 2.45) is 11.8 Å². The first kappa shape index (κ1) is 7.83. The van der Waals surface area contributed by atoms with Crippen molar-refractivity contribution in [2.75, 3.05) is 9.36 Å². The zero-order valence-corrected chi connectivity index (χ0v) is 8.52. The Kier molecular flexibility index (Phi) is 3.30. The van der Waals surface area contributed by atoms with Crippen molar-refractivity contribution >= 4 is 0 Å². The van der Waals surface area contributed by atoms with Gasteiger partial charge in [-0.15, -0.1) is 0 Å². The summed E-state index contributed by atoms with van der Waals surface area (Å²) in [5.41, 5.74) is 0. The van der Waals surface area contributed by atoms with Crippen LogP contribution in [-0.2, 0) is 0 Å². The molecule has 0 aromatic heterocycles. The van der Waals surface area contributed by atoms with Gasteiger partial charge in [-0.05, 0) is 0 Å². The minimum absolute atomic E-state index is 0.575. The number of hydrogen-bond donors (Lipinski definition) is 0. The van der Waals surface area contributed by atoms with Gasteiger partial charge in [0.25, 0.3) is 0 Å². The van der Waals surface area contributed by atoms with E-state index in [0.717, 1.165) is 11.8 Å². The van der Waals surface area contributed by atoms with E-state index in [4.69, 9.17) is 0 Å². The Balaban J connectivity index is 2.14. The Labute approximate surface area is 68.7 Å². The van der Waals surface area contributed by atoms with Crippen LogP contribution in [0.15, 0.2) is 0 Å². The topological polar surface area (TPSA) is 0 Å². The van der Waals surface area contributed by atoms with E-state index in [-0.39, 0.29) is 0 Å². The van der Waals surface area contributed by atoms with Crippen LogP contribution in [0.5, 0.6) is 0 Å². The summed E-state index contributed by atoms with van der Waals surface area (Å²) in [6, 6.07) is 0. The molecule has 0 aromatic carbocycles. The molecule has 0 spiro atoms. The molecule has 56 valence electrons. The molecular formula is C8H16I-. The van der Waals surface area contributed by atoms with Crippen molar-refractivity contribution in [2.45, 2.75) is 26.2 Å². The summed E-state index contributed by atoms with van der Waals surface area (Å²) in [5.74, 6) is 2.18. The molecule has 0 N–H and O–H groups in total. The van der Waals surface area contributed by atoms with Crippen LogP contribution in [0.4, 0.5) is 0 Å².